The average Bonchev–Trinajstić information content (AvgIpc) is 3.32. The van der Waals surface area contributed by atoms with Gasteiger partial charge in [-0.25, -0.2) is 0 Å². The van der Waals surface area contributed by atoms with Gasteiger partial charge in [0.1, 0.15) is 0 Å². The van der Waals surface area contributed by atoms with Crippen molar-refractivity contribution >= 4 is 17.8 Å². The van der Waals surface area contributed by atoms with Crippen LogP contribution in [-0.2, 0) is 9.59 Å². The second-order valence-corrected chi connectivity index (χ2v) is 7.67. The highest BCUT2D eigenvalue weighted by atomic mass is 16.2. The van der Waals surface area contributed by atoms with Gasteiger partial charge in [-0.1, -0.05) is 38.3 Å². The largest absolute Gasteiger partial charge is 0.356 e. The number of aliphatic imine (C=N–C) groups is 1. The third kappa shape index (κ3) is 3.79. The van der Waals surface area contributed by atoms with E-state index < -0.39 is 0 Å². The Hall–Kier alpha value is -1.85. The Balaban J connectivity index is 1.36. The zero-order valence-corrected chi connectivity index (χ0v) is 16.0. The highest BCUT2D eigenvalue weighted by Crippen LogP contribution is 2.52. The number of unbranched alkanes of at least 4 members (excludes halogenated alkanes) is 3. The normalized spacial score (nSPS) is 29.6. The molecular weight excluding hydrogens is 328 g/mol. The number of rotatable bonds is 9. The molecule has 2 aliphatic carbocycles. The van der Waals surface area contributed by atoms with Crippen LogP contribution in [0.1, 0.15) is 45.4 Å². The van der Waals surface area contributed by atoms with E-state index in [0.717, 1.165) is 31.8 Å². The number of carbonyl (C=O) groups excluding carboxylic acids is 2. The molecule has 0 spiro atoms. The van der Waals surface area contributed by atoms with E-state index in [2.05, 4.69) is 34.7 Å². The maximum atomic E-state index is 12.6. The number of fused-ring (bicyclic) bond motifs is 5. The van der Waals surface area contributed by atoms with Crippen LogP contribution in [0.2, 0.25) is 0 Å². The molecule has 144 valence electrons. The number of hydrogen-bond acceptors (Lipinski definition) is 3. The van der Waals surface area contributed by atoms with Crippen LogP contribution in [0.5, 0.6) is 0 Å². The van der Waals surface area contributed by atoms with Crippen molar-refractivity contribution in [3.8, 4) is 0 Å². The van der Waals surface area contributed by atoms with Gasteiger partial charge in [0.2, 0.25) is 11.8 Å². The standard InChI is InChI=1S/C20H32N4O2/c1-3-4-5-6-10-22-20(21-2)23-11-7-12-24-18(25)16-14-8-9-15(13-14)17(16)19(24)26/h8-9,14-17H,3-7,10-13H2,1-2H3,(H2,21,22,23). The number of nitrogens with zero attached hydrogens (tertiary/aromatic N) is 2. The van der Waals surface area contributed by atoms with Crippen molar-refractivity contribution in [3.05, 3.63) is 12.2 Å². The summed E-state index contributed by atoms with van der Waals surface area (Å²) < 4.78 is 0. The van der Waals surface area contributed by atoms with Gasteiger partial charge in [-0.2, -0.15) is 0 Å². The molecule has 2 fully saturated rings. The summed E-state index contributed by atoms with van der Waals surface area (Å²) in [5.74, 6) is 1.32. The van der Waals surface area contributed by atoms with Crippen molar-refractivity contribution in [1.29, 1.82) is 0 Å². The molecule has 4 atom stereocenters. The maximum absolute atomic E-state index is 12.6. The molecule has 0 radical (unpaired) electrons. The first-order valence-corrected chi connectivity index (χ1v) is 10.2. The van der Waals surface area contributed by atoms with Crippen LogP contribution in [0.4, 0.5) is 0 Å². The lowest BCUT2D eigenvalue weighted by atomic mass is 9.85. The summed E-state index contributed by atoms with van der Waals surface area (Å²) in [5, 5.41) is 6.58. The van der Waals surface area contributed by atoms with E-state index in [1.807, 2.05) is 0 Å². The van der Waals surface area contributed by atoms with E-state index in [-0.39, 0.29) is 23.7 Å². The maximum Gasteiger partial charge on any atom is 0.233 e. The molecule has 0 aromatic heterocycles. The number of imide groups is 1. The van der Waals surface area contributed by atoms with Crippen LogP contribution in [-0.4, -0.2) is 49.4 Å². The predicted molar refractivity (Wildman–Crippen MR) is 103 cm³/mol. The van der Waals surface area contributed by atoms with Crippen LogP contribution in [0.15, 0.2) is 17.1 Å². The summed E-state index contributed by atoms with van der Waals surface area (Å²) >= 11 is 0. The number of hydrogen-bond donors (Lipinski definition) is 2. The summed E-state index contributed by atoms with van der Waals surface area (Å²) in [6, 6.07) is 0. The van der Waals surface area contributed by atoms with E-state index >= 15 is 0 Å². The van der Waals surface area contributed by atoms with Crippen molar-refractivity contribution in [2.24, 2.45) is 28.7 Å². The van der Waals surface area contributed by atoms with Gasteiger partial charge in [0.15, 0.2) is 5.96 Å². The molecule has 6 heteroatoms. The topological polar surface area (TPSA) is 73.8 Å². The lowest BCUT2D eigenvalue weighted by Gasteiger charge is -2.18. The van der Waals surface area contributed by atoms with Crippen LogP contribution < -0.4 is 10.6 Å². The number of guanidine groups is 1. The molecular formula is C20H32N4O2. The van der Waals surface area contributed by atoms with Gasteiger partial charge in [-0.05, 0) is 31.1 Å². The molecule has 0 aromatic rings. The van der Waals surface area contributed by atoms with Crippen LogP contribution >= 0.6 is 0 Å². The molecule has 3 rings (SSSR count). The fourth-order valence-electron chi connectivity index (χ4n) is 4.61. The van der Waals surface area contributed by atoms with Crippen LogP contribution in [0.25, 0.3) is 0 Å². The monoisotopic (exact) mass is 360 g/mol. The quantitative estimate of drug-likeness (QED) is 0.217. The lowest BCUT2D eigenvalue weighted by Crippen LogP contribution is -2.40. The SMILES string of the molecule is CCCCCCNC(=NC)NCCCN1C(=O)C2C3C=CC(C3)C2C1=O. The molecule has 0 aromatic carbocycles. The third-order valence-electron chi connectivity index (χ3n) is 5.96. The van der Waals surface area contributed by atoms with Gasteiger partial charge < -0.3 is 10.6 Å². The molecule has 4 unspecified atom stereocenters. The summed E-state index contributed by atoms with van der Waals surface area (Å²) in [5.41, 5.74) is 0. The van der Waals surface area contributed by atoms with Gasteiger partial charge in [-0.15, -0.1) is 0 Å². The predicted octanol–water partition coefficient (Wildman–Crippen LogP) is 1.93. The minimum absolute atomic E-state index is 0.0512. The Morgan fingerprint density at radius 1 is 1.04 bits per heavy atom. The second kappa shape index (κ2) is 8.69. The van der Waals surface area contributed by atoms with Gasteiger partial charge in [0, 0.05) is 26.7 Å². The summed E-state index contributed by atoms with van der Waals surface area (Å²) in [7, 11) is 1.76. The van der Waals surface area contributed by atoms with Gasteiger partial charge >= 0.3 is 0 Å². The Labute approximate surface area is 156 Å². The lowest BCUT2D eigenvalue weighted by molar-refractivity contribution is -0.140. The molecule has 1 heterocycles. The Kier molecular flexibility index (Phi) is 6.33. The smallest absolute Gasteiger partial charge is 0.233 e. The van der Waals surface area contributed by atoms with Crippen molar-refractivity contribution in [3.63, 3.8) is 0 Å². The van der Waals surface area contributed by atoms with Crippen molar-refractivity contribution in [2.45, 2.75) is 45.4 Å². The number of likely N-dealkylation sites (tertiary alicyclic amines) is 1. The number of carbonyl (C=O) groups is 2. The first kappa shape index (κ1) is 18.9. The molecule has 2 amide bonds. The summed E-state index contributed by atoms with van der Waals surface area (Å²) in [6.45, 7) is 4.33. The van der Waals surface area contributed by atoms with Gasteiger partial charge in [0.25, 0.3) is 0 Å². The highest BCUT2D eigenvalue weighted by molar-refractivity contribution is 6.06. The highest BCUT2D eigenvalue weighted by Gasteiger charge is 2.58. The van der Waals surface area contributed by atoms with Crippen LogP contribution in [0.3, 0.4) is 0 Å². The number of amides is 2. The Morgan fingerprint density at radius 3 is 2.23 bits per heavy atom. The first-order chi connectivity index (χ1) is 12.7. The average molecular weight is 361 g/mol. The molecule has 1 aliphatic heterocycles. The fraction of sp³-hybridized carbons (Fsp3) is 0.750. The molecule has 1 saturated carbocycles. The zero-order valence-electron chi connectivity index (χ0n) is 16.0. The van der Waals surface area contributed by atoms with E-state index in [9.17, 15) is 9.59 Å². The fourth-order valence-corrected chi connectivity index (χ4v) is 4.61. The molecule has 26 heavy (non-hydrogen) atoms. The van der Waals surface area contributed by atoms with Crippen molar-refractivity contribution in [2.75, 3.05) is 26.7 Å². The minimum atomic E-state index is -0.0805. The van der Waals surface area contributed by atoms with E-state index in [1.165, 1.54) is 24.2 Å². The molecule has 3 aliphatic rings. The number of nitrogens with one attached hydrogen (secondary N) is 2. The Morgan fingerprint density at radius 2 is 1.65 bits per heavy atom. The molecule has 2 bridgehead atoms. The van der Waals surface area contributed by atoms with Gasteiger partial charge in [0.05, 0.1) is 11.8 Å². The minimum Gasteiger partial charge on any atom is -0.356 e. The van der Waals surface area contributed by atoms with Gasteiger partial charge in [-0.3, -0.25) is 19.5 Å². The van der Waals surface area contributed by atoms with E-state index in [1.54, 1.807) is 7.05 Å². The van der Waals surface area contributed by atoms with Crippen molar-refractivity contribution in [1.82, 2.24) is 15.5 Å². The molecule has 6 nitrogen and oxygen atoms in total. The van der Waals surface area contributed by atoms with Crippen molar-refractivity contribution < 1.29 is 9.59 Å². The zero-order chi connectivity index (χ0) is 18.5. The Bertz CT molecular complexity index is 556. The van der Waals surface area contributed by atoms with E-state index in [0.29, 0.717) is 24.9 Å². The molecule has 2 N–H and O–H groups in total. The molecule has 1 saturated heterocycles. The van der Waals surface area contributed by atoms with E-state index in [4.69, 9.17) is 0 Å². The van der Waals surface area contributed by atoms with Crippen LogP contribution in [0, 0.1) is 23.7 Å². The summed E-state index contributed by atoms with van der Waals surface area (Å²) in [6.07, 6.45) is 10.9. The second-order valence-electron chi connectivity index (χ2n) is 7.67. The summed E-state index contributed by atoms with van der Waals surface area (Å²) in [4.78, 5) is 31.0. The first-order valence-electron chi connectivity index (χ1n) is 10.2. The number of allylic oxidation sites excluding steroid dienone is 2. The third-order valence-corrected chi connectivity index (χ3v) is 5.96.